The minimum Gasteiger partial charge on any atom is -0.287 e. The first kappa shape index (κ1) is 12.3. The highest BCUT2D eigenvalue weighted by Crippen LogP contribution is 2.25. The highest BCUT2D eigenvalue weighted by atomic mass is 79.9. The molecule has 0 amide bonds. The zero-order chi connectivity index (χ0) is 12.6. The minimum atomic E-state index is -0.643. The lowest BCUT2D eigenvalue weighted by Crippen LogP contribution is -2.11. The van der Waals surface area contributed by atoms with Gasteiger partial charge in [-0.25, -0.2) is 4.39 Å². The molecule has 1 aromatic carbocycles. The predicted octanol–water partition coefficient (Wildman–Crippen LogP) is 3.21. The van der Waals surface area contributed by atoms with E-state index in [1.54, 1.807) is 7.05 Å². The van der Waals surface area contributed by atoms with Gasteiger partial charge in [-0.05, 0) is 28.1 Å². The van der Waals surface area contributed by atoms with Gasteiger partial charge in [-0.1, -0.05) is 17.7 Å². The molecule has 0 fully saturated rings. The standard InChI is InChI=1S/C11H7BrClFN2O/c1-16-10(6(12)5-15-16)11(17)9-7(13)3-2-4-8(9)14/h2-5H,1H3. The van der Waals surface area contributed by atoms with Gasteiger partial charge in [-0.2, -0.15) is 5.10 Å². The molecule has 0 unspecified atom stereocenters. The van der Waals surface area contributed by atoms with Crippen LogP contribution < -0.4 is 0 Å². The van der Waals surface area contributed by atoms with Gasteiger partial charge in [0.1, 0.15) is 11.5 Å². The summed E-state index contributed by atoms with van der Waals surface area (Å²) in [6, 6.07) is 4.12. The number of hydrogen-bond acceptors (Lipinski definition) is 2. The largest absolute Gasteiger partial charge is 0.287 e. The lowest BCUT2D eigenvalue weighted by Gasteiger charge is -2.05. The van der Waals surface area contributed by atoms with E-state index in [0.29, 0.717) is 4.47 Å². The number of aryl methyl sites for hydroxylation is 1. The molecule has 1 heterocycles. The van der Waals surface area contributed by atoms with Crippen LogP contribution in [0.25, 0.3) is 0 Å². The molecule has 3 nitrogen and oxygen atoms in total. The predicted molar refractivity (Wildman–Crippen MR) is 65.8 cm³/mol. The van der Waals surface area contributed by atoms with E-state index in [-0.39, 0.29) is 16.3 Å². The van der Waals surface area contributed by atoms with E-state index in [0.717, 1.165) is 0 Å². The maximum Gasteiger partial charge on any atom is 0.216 e. The first-order valence-electron chi connectivity index (χ1n) is 4.68. The van der Waals surface area contributed by atoms with Crippen LogP contribution in [0, 0.1) is 5.82 Å². The smallest absolute Gasteiger partial charge is 0.216 e. The zero-order valence-corrected chi connectivity index (χ0v) is 11.1. The fourth-order valence-corrected chi connectivity index (χ4v) is 2.28. The third-order valence-corrected chi connectivity index (χ3v) is 3.19. The van der Waals surface area contributed by atoms with Crippen molar-refractivity contribution < 1.29 is 9.18 Å². The first-order valence-corrected chi connectivity index (χ1v) is 5.85. The average Bonchev–Trinajstić information content (AvgIpc) is 2.58. The second kappa shape index (κ2) is 4.58. The quantitative estimate of drug-likeness (QED) is 0.797. The number of halogens is 3. The molecular weight excluding hydrogens is 310 g/mol. The van der Waals surface area contributed by atoms with Gasteiger partial charge in [0.2, 0.25) is 5.78 Å². The Labute approximate surface area is 110 Å². The van der Waals surface area contributed by atoms with Crippen LogP contribution in [-0.2, 0) is 7.05 Å². The van der Waals surface area contributed by atoms with Crippen molar-refractivity contribution in [3.8, 4) is 0 Å². The fourth-order valence-electron chi connectivity index (χ4n) is 1.50. The number of hydrogen-bond donors (Lipinski definition) is 0. The molecule has 0 aliphatic heterocycles. The summed E-state index contributed by atoms with van der Waals surface area (Å²) in [5.41, 5.74) is 0.121. The van der Waals surface area contributed by atoms with Crippen LogP contribution in [0.1, 0.15) is 16.1 Å². The normalized spacial score (nSPS) is 10.6. The van der Waals surface area contributed by atoms with Crippen molar-refractivity contribution in [3.05, 3.63) is 51.0 Å². The van der Waals surface area contributed by atoms with Gasteiger partial charge >= 0.3 is 0 Å². The molecule has 0 bridgehead atoms. The summed E-state index contributed by atoms with van der Waals surface area (Å²) in [6.45, 7) is 0. The SMILES string of the molecule is Cn1ncc(Br)c1C(=O)c1c(F)cccc1Cl. The van der Waals surface area contributed by atoms with Crippen molar-refractivity contribution in [2.45, 2.75) is 0 Å². The van der Waals surface area contributed by atoms with E-state index in [9.17, 15) is 9.18 Å². The lowest BCUT2D eigenvalue weighted by atomic mass is 10.1. The maximum atomic E-state index is 13.6. The Morgan fingerprint density at radius 3 is 2.76 bits per heavy atom. The van der Waals surface area contributed by atoms with Crippen LogP contribution >= 0.6 is 27.5 Å². The molecule has 1 aromatic heterocycles. The second-order valence-corrected chi connectivity index (χ2v) is 4.65. The van der Waals surface area contributed by atoms with Crippen molar-refractivity contribution in [2.24, 2.45) is 7.05 Å². The molecular formula is C11H7BrClFN2O. The van der Waals surface area contributed by atoms with Gasteiger partial charge in [-0.3, -0.25) is 9.48 Å². The van der Waals surface area contributed by atoms with Gasteiger partial charge < -0.3 is 0 Å². The van der Waals surface area contributed by atoms with Crippen LogP contribution in [0.4, 0.5) is 4.39 Å². The molecule has 17 heavy (non-hydrogen) atoms. The zero-order valence-electron chi connectivity index (χ0n) is 8.75. The second-order valence-electron chi connectivity index (χ2n) is 3.39. The van der Waals surface area contributed by atoms with E-state index < -0.39 is 11.6 Å². The van der Waals surface area contributed by atoms with E-state index in [2.05, 4.69) is 21.0 Å². The summed E-state index contributed by atoms with van der Waals surface area (Å²) < 4.78 is 15.5. The summed E-state index contributed by atoms with van der Waals surface area (Å²) in [5, 5.41) is 3.99. The van der Waals surface area contributed by atoms with Crippen LogP contribution in [0.15, 0.2) is 28.9 Å². The summed E-state index contributed by atoms with van der Waals surface area (Å²) in [7, 11) is 1.60. The fraction of sp³-hybridized carbons (Fsp3) is 0.0909. The van der Waals surface area contributed by atoms with E-state index in [1.165, 1.54) is 29.1 Å². The number of benzene rings is 1. The Kier molecular flexibility index (Phi) is 3.31. The molecule has 2 rings (SSSR count). The highest BCUT2D eigenvalue weighted by molar-refractivity contribution is 9.10. The van der Waals surface area contributed by atoms with Crippen LogP contribution in [0.2, 0.25) is 5.02 Å². The Hall–Kier alpha value is -1.20. The third-order valence-electron chi connectivity index (χ3n) is 2.30. The van der Waals surface area contributed by atoms with Gasteiger partial charge in [0.15, 0.2) is 0 Å². The van der Waals surface area contributed by atoms with Gasteiger partial charge in [0, 0.05) is 7.05 Å². The lowest BCUT2D eigenvalue weighted by molar-refractivity contribution is 0.102. The molecule has 0 radical (unpaired) electrons. The Morgan fingerprint density at radius 2 is 2.24 bits per heavy atom. The number of carbonyl (C=O) groups excluding carboxylic acids is 1. The van der Waals surface area contributed by atoms with Crippen molar-refractivity contribution in [1.29, 1.82) is 0 Å². The van der Waals surface area contributed by atoms with E-state index in [4.69, 9.17) is 11.6 Å². The number of aromatic nitrogens is 2. The Morgan fingerprint density at radius 1 is 1.53 bits per heavy atom. The molecule has 88 valence electrons. The monoisotopic (exact) mass is 316 g/mol. The van der Waals surface area contributed by atoms with Gasteiger partial charge in [0.25, 0.3) is 0 Å². The molecule has 2 aromatic rings. The topological polar surface area (TPSA) is 34.9 Å². The van der Waals surface area contributed by atoms with Crippen molar-refractivity contribution in [3.63, 3.8) is 0 Å². The molecule has 0 aliphatic rings. The van der Waals surface area contributed by atoms with Crippen molar-refractivity contribution in [1.82, 2.24) is 9.78 Å². The number of nitrogens with zero attached hydrogens (tertiary/aromatic N) is 2. The molecule has 0 atom stereocenters. The average molecular weight is 318 g/mol. The summed E-state index contributed by atoms with van der Waals surface area (Å²) in [6.07, 6.45) is 1.47. The highest BCUT2D eigenvalue weighted by Gasteiger charge is 2.22. The van der Waals surface area contributed by atoms with Crippen LogP contribution in [-0.4, -0.2) is 15.6 Å². The number of carbonyl (C=O) groups is 1. The molecule has 0 saturated carbocycles. The molecule has 0 spiro atoms. The van der Waals surface area contributed by atoms with Crippen molar-refractivity contribution >= 4 is 33.3 Å². The van der Waals surface area contributed by atoms with E-state index in [1.807, 2.05) is 0 Å². The molecule has 6 heteroatoms. The minimum absolute atomic E-state index is 0.0862. The summed E-state index contributed by atoms with van der Waals surface area (Å²) >= 11 is 9.03. The number of ketones is 1. The molecule has 0 saturated heterocycles. The molecule has 0 N–H and O–H groups in total. The number of rotatable bonds is 2. The van der Waals surface area contributed by atoms with Crippen LogP contribution in [0.3, 0.4) is 0 Å². The first-order chi connectivity index (χ1) is 8.02. The van der Waals surface area contributed by atoms with Gasteiger partial charge in [-0.15, -0.1) is 0 Å². The molecule has 0 aliphatic carbocycles. The Balaban J connectivity index is 2.59. The maximum absolute atomic E-state index is 13.6. The summed E-state index contributed by atoms with van der Waals surface area (Å²) in [4.78, 5) is 12.2. The van der Waals surface area contributed by atoms with E-state index >= 15 is 0 Å². The van der Waals surface area contributed by atoms with Gasteiger partial charge in [0.05, 0.1) is 21.3 Å². The third kappa shape index (κ3) is 2.12. The van der Waals surface area contributed by atoms with Crippen molar-refractivity contribution in [2.75, 3.05) is 0 Å². The van der Waals surface area contributed by atoms with Crippen LogP contribution in [0.5, 0.6) is 0 Å². The summed E-state index contributed by atoms with van der Waals surface area (Å²) in [5.74, 6) is -1.14. The Bertz CT molecular complexity index is 557.